The first-order valence-electron chi connectivity index (χ1n) is 7.17. The van der Waals surface area contributed by atoms with E-state index in [1.165, 1.54) is 0 Å². The fraction of sp³-hybridized carbons (Fsp3) is 0.438. The Morgan fingerprint density at radius 1 is 1.35 bits per heavy atom. The maximum Gasteiger partial charge on any atom is 0.217 e. The van der Waals surface area contributed by atoms with E-state index in [0.29, 0.717) is 0 Å². The van der Waals surface area contributed by atoms with Crippen LogP contribution in [0.4, 0.5) is 0 Å². The van der Waals surface area contributed by atoms with Crippen molar-refractivity contribution in [3.8, 4) is 0 Å². The molecule has 1 unspecified atom stereocenters. The highest BCUT2D eigenvalue weighted by molar-refractivity contribution is 5.73. The van der Waals surface area contributed by atoms with Crippen LogP contribution >= 0.6 is 0 Å². The average molecular weight is 273 g/mol. The molecule has 1 aromatic rings. The standard InChI is InChI=1S/C16H23N3O/c1-14(20)18-16(13-19-11-9-17-10-12-19)8-7-15-5-3-2-4-6-15/h2-8,16-17H,9-13H2,1H3,(H,18,20)/b8-7+. The zero-order valence-electron chi connectivity index (χ0n) is 12.0. The van der Waals surface area contributed by atoms with Gasteiger partial charge in [0.1, 0.15) is 0 Å². The summed E-state index contributed by atoms with van der Waals surface area (Å²) in [6, 6.07) is 10.2. The first-order chi connectivity index (χ1) is 9.74. The Balaban J connectivity index is 1.95. The summed E-state index contributed by atoms with van der Waals surface area (Å²) in [6.07, 6.45) is 4.15. The third-order valence-electron chi connectivity index (χ3n) is 3.37. The number of piperazine rings is 1. The summed E-state index contributed by atoms with van der Waals surface area (Å²) in [5.41, 5.74) is 1.16. The van der Waals surface area contributed by atoms with Gasteiger partial charge in [0.15, 0.2) is 0 Å². The highest BCUT2D eigenvalue weighted by atomic mass is 16.1. The van der Waals surface area contributed by atoms with Crippen LogP contribution in [0, 0.1) is 0 Å². The molecule has 1 heterocycles. The van der Waals surface area contributed by atoms with Crippen molar-refractivity contribution < 1.29 is 4.79 Å². The normalized spacial score (nSPS) is 18.1. The fourth-order valence-corrected chi connectivity index (χ4v) is 2.38. The summed E-state index contributed by atoms with van der Waals surface area (Å²) in [5.74, 6) is 0.0165. The fourth-order valence-electron chi connectivity index (χ4n) is 2.38. The van der Waals surface area contributed by atoms with Gasteiger partial charge in [-0.2, -0.15) is 0 Å². The van der Waals surface area contributed by atoms with Crippen molar-refractivity contribution in [2.75, 3.05) is 32.7 Å². The van der Waals surface area contributed by atoms with Crippen LogP contribution in [0.15, 0.2) is 36.4 Å². The number of carbonyl (C=O) groups is 1. The van der Waals surface area contributed by atoms with Gasteiger partial charge < -0.3 is 10.6 Å². The van der Waals surface area contributed by atoms with E-state index >= 15 is 0 Å². The summed E-state index contributed by atoms with van der Waals surface area (Å²) in [7, 11) is 0. The quantitative estimate of drug-likeness (QED) is 0.845. The second-order valence-electron chi connectivity index (χ2n) is 5.13. The van der Waals surface area contributed by atoms with Gasteiger partial charge in [0.25, 0.3) is 0 Å². The van der Waals surface area contributed by atoms with Gasteiger partial charge in [-0.15, -0.1) is 0 Å². The van der Waals surface area contributed by atoms with Crippen LogP contribution in [-0.2, 0) is 4.79 Å². The molecule has 0 aromatic heterocycles. The summed E-state index contributed by atoms with van der Waals surface area (Å²) in [4.78, 5) is 13.7. The molecule has 1 aliphatic rings. The van der Waals surface area contributed by atoms with Crippen molar-refractivity contribution in [2.45, 2.75) is 13.0 Å². The summed E-state index contributed by atoms with van der Waals surface area (Å²) >= 11 is 0. The molecule has 1 fully saturated rings. The lowest BCUT2D eigenvalue weighted by Gasteiger charge is -2.30. The molecular formula is C16H23N3O. The van der Waals surface area contributed by atoms with Crippen molar-refractivity contribution >= 4 is 12.0 Å². The van der Waals surface area contributed by atoms with E-state index in [1.54, 1.807) is 6.92 Å². The Bertz CT molecular complexity index is 438. The highest BCUT2D eigenvalue weighted by Crippen LogP contribution is 2.04. The monoisotopic (exact) mass is 273 g/mol. The Hall–Kier alpha value is -1.65. The number of rotatable bonds is 5. The van der Waals surface area contributed by atoms with Crippen molar-refractivity contribution in [3.63, 3.8) is 0 Å². The third-order valence-corrected chi connectivity index (χ3v) is 3.37. The van der Waals surface area contributed by atoms with Crippen LogP contribution in [0.1, 0.15) is 12.5 Å². The lowest BCUT2D eigenvalue weighted by Crippen LogP contribution is -2.49. The van der Waals surface area contributed by atoms with Gasteiger partial charge in [0, 0.05) is 39.6 Å². The summed E-state index contributed by atoms with van der Waals surface area (Å²) < 4.78 is 0. The van der Waals surface area contributed by atoms with Gasteiger partial charge >= 0.3 is 0 Å². The zero-order chi connectivity index (χ0) is 14.2. The number of hydrogen-bond donors (Lipinski definition) is 2. The van der Waals surface area contributed by atoms with Crippen LogP contribution in [0.2, 0.25) is 0 Å². The molecular weight excluding hydrogens is 250 g/mol. The zero-order valence-corrected chi connectivity index (χ0v) is 12.0. The van der Waals surface area contributed by atoms with Gasteiger partial charge in [0.05, 0.1) is 6.04 Å². The molecule has 0 spiro atoms. The molecule has 1 aliphatic heterocycles. The smallest absolute Gasteiger partial charge is 0.217 e. The van der Waals surface area contributed by atoms with E-state index in [0.717, 1.165) is 38.3 Å². The highest BCUT2D eigenvalue weighted by Gasteiger charge is 2.14. The molecule has 1 atom stereocenters. The minimum absolute atomic E-state index is 0.0165. The molecule has 1 aromatic carbocycles. The predicted molar refractivity (Wildman–Crippen MR) is 82.4 cm³/mol. The van der Waals surface area contributed by atoms with Gasteiger partial charge in [0.2, 0.25) is 5.91 Å². The average Bonchev–Trinajstić information content (AvgIpc) is 2.46. The lowest BCUT2D eigenvalue weighted by molar-refractivity contribution is -0.119. The Morgan fingerprint density at radius 2 is 2.05 bits per heavy atom. The predicted octanol–water partition coefficient (Wildman–Crippen LogP) is 1.11. The Kier molecular flexibility index (Phi) is 5.77. The third kappa shape index (κ3) is 5.15. The van der Waals surface area contributed by atoms with Crippen molar-refractivity contribution in [1.29, 1.82) is 0 Å². The maximum atomic E-state index is 11.3. The maximum absolute atomic E-state index is 11.3. The molecule has 2 rings (SSSR count). The molecule has 1 amide bonds. The molecule has 4 nitrogen and oxygen atoms in total. The molecule has 20 heavy (non-hydrogen) atoms. The molecule has 2 N–H and O–H groups in total. The second kappa shape index (κ2) is 7.82. The van der Waals surface area contributed by atoms with Crippen LogP contribution < -0.4 is 10.6 Å². The van der Waals surface area contributed by atoms with Crippen molar-refractivity contribution in [3.05, 3.63) is 42.0 Å². The first kappa shape index (κ1) is 14.8. The van der Waals surface area contributed by atoms with E-state index in [1.807, 2.05) is 18.2 Å². The lowest BCUT2D eigenvalue weighted by atomic mass is 10.1. The van der Waals surface area contributed by atoms with Gasteiger partial charge in [-0.05, 0) is 5.56 Å². The number of benzene rings is 1. The van der Waals surface area contributed by atoms with Crippen LogP contribution in [0.3, 0.4) is 0 Å². The molecule has 0 saturated carbocycles. The Morgan fingerprint density at radius 3 is 2.70 bits per heavy atom. The van der Waals surface area contributed by atoms with E-state index in [9.17, 15) is 4.79 Å². The van der Waals surface area contributed by atoms with E-state index < -0.39 is 0 Å². The Labute approximate surface area is 120 Å². The number of nitrogens with one attached hydrogen (secondary N) is 2. The largest absolute Gasteiger partial charge is 0.349 e. The molecule has 1 saturated heterocycles. The van der Waals surface area contributed by atoms with Gasteiger partial charge in [-0.25, -0.2) is 0 Å². The number of amides is 1. The topological polar surface area (TPSA) is 44.4 Å². The van der Waals surface area contributed by atoms with Crippen molar-refractivity contribution in [1.82, 2.24) is 15.5 Å². The number of carbonyl (C=O) groups excluding carboxylic acids is 1. The minimum atomic E-state index is 0.0165. The number of hydrogen-bond acceptors (Lipinski definition) is 3. The molecule has 0 radical (unpaired) electrons. The summed E-state index contributed by atoms with van der Waals surface area (Å²) in [5, 5.41) is 6.35. The van der Waals surface area contributed by atoms with Crippen LogP contribution in [0.25, 0.3) is 6.08 Å². The molecule has 108 valence electrons. The van der Waals surface area contributed by atoms with Gasteiger partial charge in [-0.3, -0.25) is 9.69 Å². The number of nitrogens with zero attached hydrogens (tertiary/aromatic N) is 1. The van der Waals surface area contributed by atoms with E-state index in [-0.39, 0.29) is 11.9 Å². The van der Waals surface area contributed by atoms with Gasteiger partial charge in [-0.1, -0.05) is 42.5 Å². The van der Waals surface area contributed by atoms with Crippen LogP contribution in [-0.4, -0.2) is 49.6 Å². The summed E-state index contributed by atoms with van der Waals surface area (Å²) in [6.45, 7) is 6.56. The second-order valence-corrected chi connectivity index (χ2v) is 5.13. The van der Waals surface area contributed by atoms with Crippen LogP contribution in [0.5, 0.6) is 0 Å². The molecule has 0 aliphatic carbocycles. The molecule has 4 heteroatoms. The minimum Gasteiger partial charge on any atom is -0.349 e. The molecule has 0 bridgehead atoms. The van der Waals surface area contributed by atoms with Crippen molar-refractivity contribution in [2.24, 2.45) is 0 Å². The first-order valence-corrected chi connectivity index (χ1v) is 7.17. The van der Waals surface area contributed by atoms with E-state index in [4.69, 9.17) is 0 Å². The SMILES string of the molecule is CC(=O)NC(/C=C/c1ccccc1)CN1CCNCC1. The van der Waals surface area contributed by atoms with E-state index in [2.05, 4.69) is 39.8 Å².